The summed E-state index contributed by atoms with van der Waals surface area (Å²) in [6.45, 7) is 66.6. The molecule has 0 radical (unpaired) electrons. The maximum Gasteiger partial charge on any atom is 0.206 e. The maximum absolute atomic E-state index is 12.0. The number of benzene rings is 17. The molecule has 10 heteroatoms. The molecule has 17 aromatic carbocycles. The summed E-state index contributed by atoms with van der Waals surface area (Å²) < 4.78 is 55.3. The van der Waals surface area contributed by atoms with Gasteiger partial charge in [-0.1, -0.05) is 530 Å². The molecular weight excluding hydrogens is 2080 g/mol. The van der Waals surface area contributed by atoms with Crippen molar-refractivity contribution in [2.24, 2.45) is 0 Å². The normalized spacial score (nSPS) is 8.82. The fourth-order valence-electron chi connectivity index (χ4n) is 11.8. The van der Waals surface area contributed by atoms with Gasteiger partial charge >= 0.3 is 128 Å². The van der Waals surface area contributed by atoms with E-state index < -0.39 is 9.84 Å². The first-order chi connectivity index (χ1) is 73.8. The van der Waals surface area contributed by atoms with Crippen LogP contribution in [0.1, 0.15) is 266 Å². The minimum atomic E-state index is -3.34. The summed E-state index contributed by atoms with van der Waals surface area (Å²) in [6, 6.07) is 161. The van der Waals surface area contributed by atoms with E-state index in [2.05, 4.69) is 230 Å². The number of aryl methyl sites for hydroxylation is 1. The van der Waals surface area contributed by atoms with Crippen LogP contribution < -0.4 is 44.9 Å². The summed E-state index contributed by atoms with van der Waals surface area (Å²) in [7, 11) is -3.34. The number of rotatable bonds is 20. The first-order valence-electron chi connectivity index (χ1n) is 54.5. The third-order valence-corrected chi connectivity index (χ3v) is 22.6. The van der Waals surface area contributed by atoms with E-state index in [1.807, 2.05) is 456 Å². The van der Waals surface area contributed by atoms with Crippen molar-refractivity contribution in [2.45, 2.75) is 261 Å². The fourth-order valence-corrected chi connectivity index (χ4v) is 14.8. The van der Waals surface area contributed by atoms with Crippen molar-refractivity contribution in [1.29, 1.82) is 0 Å². The van der Waals surface area contributed by atoms with Gasteiger partial charge in [0.25, 0.3) is 0 Å². The molecule has 812 valence electrons. The van der Waals surface area contributed by atoms with Crippen LogP contribution in [0.4, 0.5) is 0 Å². The van der Waals surface area contributed by atoms with E-state index in [4.69, 9.17) is 23.7 Å². The molecule has 0 atom stereocenters. The SMILES string of the molecule is CC.CC.CC.CC.CC.CC.CC.CC.CC.CC.CC.CC.CC.CC.CC.CC(C)(c1ccccc1)c1ccccc1.C[I-]c1cccc(Cc2cccc(CI)c2)c1.Cc1ccccc1.O=S(=O)(c1ccccc1)c1ccccc1.c1ccc(Cc2ccccc2)cc1.c1ccc(Oc2ccc(Oc3ccccc3)cc2)cc1.c1ccc(Oc2cccc(Oc3ccccc3)c2)cc1.c1ccc(Oc2ccccc2)cc1. The second-order valence-corrected chi connectivity index (χ2v) is 32.6. The van der Waals surface area contributed by atoms with Gasteiger partial charge in [-0.05, 0) is 169 Å². The van der Waals surface area contributed by atoms with Crippen molar-refractivity contribution in [3.05, 3.63) is 539 Å². The number of hydrogen-bond donors (Lipinski definition) is 0. The molecule has 17 aromatic rings. The molecule has 0 aliphatic rings. The number of hydrogen-bond acceptors (Lipinski definition) is 7. The van der Waals surface area contributed by atoms with Crippen LogP contribution in [-0.2, 0) is 32.5 Å². The fraction of sp³-hybridized carbons (Fsp3) is 0.271. The molecule has 0 fully saturated rings. The zero-order valence-electron chi connectivity index (χ0n) is 97.9. The summed E-state index contributed by atoms with van der Waals surface area (Å²) in [5, 5.41) is 0. The molecule has 0 heterocycles. The topological polar surface area (TPSA) is 80.3 Å². The minimum Gasteiger partial charge on any atom is -0.457 e. The van der Waals surface area contributed by atoms with Crippen LogP contribution in [0.25, 0.3) is 0 Å². The Labute approximate surface area is 940 Å². The van der Waals surface area contributed by atoms with E-state index in [-0.39, 0.29) is 26.6 Å². The Morgan fingerprint density at radius 3 is 0.640 bits per heavy atom. The van der Waals surface area contributed by atoms with Crippen molar-refractivity contribution in [3.8, 4) is 57.5 Å². The number of halogens is 2. The average Bonchev–Trinajstić information content (AvgIpc) is 0.816. The molecule has 0 unspecified atom stereocenters. The van der Waals surface area contributed by atoms with Crippen LogP contribution in [0, 0.1) is 10.5 Å². The molecule has 0 amide bonds. The van der Waals surface area contributed by atoms with Crippen LogP contribution in [0.2, 0.25) is 0 Å². The van der Waals surface area contributed by atoms with Crippen LogP contribution >= 0.6 is 22.6 Å². The number of sulfone groups is 1. The van der Waals surface area contributed by atoms with Gasteiger partial charge < -0.3 is 23.7 Å². The predicted molar refractivity (Wildman–Crippen MR) is 670 cm³/mol. The van der Waals surface area contributed by atoms with Gasteiger partial charge in [0.05, 0.1) is 9.79 Å². The number of para-hydroxylation sites is 6. The van der Waals surface area contributed by atoms with Crippen LogP contribution in [0.3, 0.4) is 0 Å². The Morgan fingerprint density at radius 2 is 0.393 bits per heavy atom. The van der Waals surface area contributed by atoms with Crippen LogP contribution in [-0.4, -0.2) is 13.3 Å². The zero-order valence-corrected chi connectivity index (χ0v) is 103. The van der Waals surface area contributed by atoms with Crippen LogP contribution in [0.15, 0.2) is 501 Å². The molecule has 0 bridgehead atoms. The minimum absolute atomic E-state index is 0.0858. The molecule has 0 saturated heterocycles. The predicted octanol–water partition coefficient (Wildman–Crippen LogP) is 42.3. The third-order valence-electron chi connectivity index (χ3n) is 18.1. The summed E-state index contributed by atoms with van der Waals surface area (Å²) >= 11 is 2.62. The van der Waals surface area contributed by atoms with Gasteiger partial charge in [-0.3, -0.25) is 0 Å². The molecule has 150 heavy (non-hydrogen) atoms. The van der Waals surface area contributed by atoms with Gasteiger partial charge in [0.1, 0.15) is 57.5 Å². The van der Waals surface area contributed by atoms with Gasteiger partial charge in [0.2, 0.25) is 9.84 Å². The Kier molecular flexibility index (Phi) is 106. The zero-order chi connectivity index (χ0) is 114. The molecule has 7 nitrogen and oxygen atoms in total. The Bertz CT molecular complexity index is 5310. The molecular formula is C140H189I2O7S-. The quantitative estimate of drug-likeness (QED) is 0.0555. The summed E-state index contributed by atoms with van der Waals surface area (Å²) in [6.07, 6.45) is 2.09. The maximum atomic E-state index is 12.0. The molecule has 0 aliphatic carbocycles. The van der Waals surface area contributed by atoms with Crippen molar-refractivity contribution in [3.63, 3.8) is 0 Å². The monoisotopic (exact) mass is 2270 g/mol. The molecule has 0 saturated carbocycles. The van der Waals surface area contributed by atoms with E-state index in [0.717, 1.165) is 74.8 Å². The smallest absolute Gasteiger partial charge is 0.206 e. The second-order valence-electron chi connectivity index (χ2n) is 27.6. The summed E-state index contributed by atoms with van der Waals surface area (Å²) in [5.74, 6) is 8.09. The van der Waals surface area contributed by atoms with E-state index in [0.29, 0.717) is 9.79 Å². The van der Waals surface area contributed by atoms with Gasteiger partial charge in [-0.2, -0.15) is 0 Å². The van der Waals surface area contributed by atoms with Gasteiger partial charge in [0.15, 0.2) is 0 Å². The van der Waals surface area contributed by atoms with Crippen molar-refractivity contribution >= 4 is 32.4 Å². The number of ether oxygens (including phenoxy) is 5. The van der Waals surface area contributed by atoms with E-state index in [9.17, 15) is 8.42 Å². The first kappa shape index (κ1) is 148. The second kappa shape index (κ2) is 107. The van der Waals surface area contributed by atoms with Crippen molar-refractivity contribution < 1.29 is 53.3 Å². The largest absolute Gasteiger partial charge is 0.457 e. The van der Waals surface area contributed by atoms with E-state index >= 15 is 0 Å². The summed E-state index contributed by atoms with van der Waals surface area (Å²) in [5.41, 5.74) is 11.1. The Balaban J connectivity index is -0.000000384. The van der Waals surface area contributed by atoms with Crippen molar-refractivity contribution in [1.82, 2.24) is 0 Å². The third kappa shape index (κ3) is 69.4. The first-order valence-corrected chi connectivity index (χ1v) is 60.8. The Hall–Kier alpha value is -12.9. The molecule has 0 N–H and O–H groups in total. The molecule has 0 aromatic heterocycles. The van der Waals surface area contributed by atoms with Gasteiger partial charge in [-0.25, -0.2) is 8.42 Å². The van der Waals surface area contributed by atoms with Crippen LogP contribution in [0.5, 0.6) is 57.5 Å². The van der Waals surface area contributed by atoms with E-state index in [1.54, 1.807) is 60.7 Å². The average molecular weight is 2270 g/mol. The molecule has 0 spiro atoms. The molecule has 0 aliphatic heterocycles. The Morgan fingerprint density at radius 1 is 0.207 bits per heavy atom. The summed E-state index contributed by atoms with van der Waals surface area (Å²) in [4.78, 5) is 2.97. The van der Waals surface area contributed by atoms with Gasteiger partial charge in [0, 0.05) is 11.5 Å². The molecule has 17 rings (SSSR count). The standard InChI is InChI=1S/2C18H14O2.C15H15I2.C15H16.C13H12.C12H10O2S.C12H10O.C7H8.15C2H6/c1-3-8-15(9-4-1)19-17-12-7-13-18(14-17)20-16-10-5-2-6-11-16;1-3-7-15(8-4-1)19-17-11-13-18(14-12-17)20-16-9-5-2-6-10-16;1-17-15-7-3-5-13(10-15)8-12-4-2-6-14(9-12)11-16;1-15(2,13-9-5-3-6-10-13)14-11-7-4-8-12-14;1-3-7-12(8-4-1)11-13-9-5-2-6-10-13;13-15(14,11-7-3-1-4-8-11)12-9-5-2-6-10-12;1-3-7-11(8-4-1)13-12-9-5-2-6-10-12;1-7-5-3-2-4-6-7;15*1-2/h2*1-14H;2-7,9-10H,8,11H2,1H3;3-12H,1-2H3;1-10H,11H2;1-10H;1-10H;2-6H,1H3;15*1-2H3/q;;-1;;;;;;;;;;;;;;;;;;;;. The van der Waals surface area contributed by atoms with Gasteiger partial charge in [-0.15, -0.1) is 0 Å². The van der Waals surface area contributed by atoms with E-state index in [1.165, 1.54) is 48.1 Å². The van der Waals surface area contributed by atoms with Crippen molar-refractivity contribution in [2.75, 3.05) is 4.93 Å². The number of alkyl halides is 2.